The molecular weight excluding hydrogens is 580 g/mol. The zero-order valence-electron chi connectivity index (χ0n) is 25.2. The number of nitrogens with zero attached hydrogens (tertiary/aromatic N) is 2. The molecule has 0 bridgehead atoms. The maximum Gasteiger partial charge on any atom is 0.387 e. The third-order valence-corrected chi connectivity index (χ3v) is 6.45. The Labute approximate surface area is 254 Å². The van der Waals surface area contributed by atoms with Gasteiger partial charge < -0.3 is 20.5 Å². The number of hydrogen-bond donors (Lipinski definition) is 2. The van der Waals surface area contributed by atoms with Crippen molar-refractivity contribution in [3.8, 4) is 11.5 Å². The van der Waals surface area contributed by atoms with Gasteiger partial charge in [0, 0.05) is 49.3 Å². The summed E-state index contributed by atoms with van der Waals surface area (Å²) in [5, 5.41) is 3.21. The maximum absolute atomic E-state index is 14.4. The van der Waals surface area contributed by atoms with E-state index in [4.69, 9.17) is 9.53 Å². The Kier molecular flexibility index (Phi) is 14.7. The number of hydrogen-bond acceptors (Lipinski definition) is 6. The number of amides is 2. The van der Waals surface area contributed by atoms with Gasteiger partial charge in [0.05, 0.1) is 12.8 Å². The van der Waals surface area contributed by atoms with E-state index in [0.29, 0.717) is 5.82 Å². The van der Waals surface area contributed by atoms with Crippen LogP contribution in [0.25, 0.3) is 5.57 Å². The number of anilines is 1. The highest BCUT2D eigenvalue weighted by molar-refractivity contribution is 5.95. The van der Waals surface area contributed by atoms with Gasteiger partial charge in [-0.05, 0) is 49.6 Å². The summed E-state index contributed by atoms with van der Waals surface area (Å²) in [6.45, 7) is 4.27. The van der Waals surface area contributed by atoms with Crippen LogP contribution in [0.2, 0.25) is 0 Å². The first-order valence-corrected chi connectivity index (χ1v) is 14.1. The fourth-order valence-corrected chi connectivity index (χ4v) is 4.51. The van der Waals surface area contributed by atoms with Crippen LogP contribution in [0.4, 0.5) is 23.4 Å². The number of alkyl halides is 2. The first kappa shape index (κ1) is 35.6. The molecule has 5 rings (SSSR count). The topological polar surface area (TPSA) is 107 Å². The molecule has 1 atom stereocenters. The van der Waals surface area contributed by atoms with Gasteiger partial charge in [-0.3, -0.25) is 14.5 Å². The van der Waals surface area contributed by atoms with Crippen LogP contribution in [0.15, 0.2) is 60.8 Å². The minimum absolute atomic E-state index is 0.0380. The fraction of sp³-hybridized carbons (Fsp3) is 0.344. The lowest BCUT2D eigenvalue weighted by molar-refractivity contribution is -0.117. The zero-order valence-corrected chi connectivity index (χ0v) is 25.2. The van der Waals surface area contributed by atoms with Gasteiger partial charge in [0.25, 0.3) is 0 Å². The average molecular weight is 619 g/mol. The molecule has 2 aliphatic heterocycles. The molecule has 238 valence electrons. The molecule has 0 saturated carbocycles. The predicted octanol–water partition coefficient (Wildman–Crippen LogP) is 6.34. The van der Waals surface area contributed by atoms with E-state index in [0.717, 1.165) is 48.3 Å². The maximum atomic E-state index is 14.4. The molecule has 8 nitrogen and oxygen atoms in total. The second-order valence-corrected chi connectivity index (χ2v) is 9.35. The number of halogens is 4. The van der Waals surface area contributed by atoms with Gasteiger partial charge in [0.1, 0.15) is 29.0 Å². The molecule has 1 saturated heterocycles. The fourth-order valence-electron chi connectivity index (χ4n) is 4.51. The van der Waals surface area contributed by atoms with Gasteiger partial charge in [0.2, 0.25) is 12.3 Å². The number of allylic oxidation sites excluding steroid dienone is 1. The third-order valence-electron chi connectivity index (χ3n) is 6.45. The van der Waals surface area contributed by atoms with E-state index in [9.17, 15) is 22.4 Å². The molecule has 3 N–H and O–H groups in total. The van der Waals surface area contributed by atoms with Crippen molar-refractivity contribution in [2.75, 3.05) is 25.1 Å². The Morgan fingerprint density at radius 2 is 1.70 bits per heavy atom. The molecule has 2 amide bonds. The highest BCUT2D eigenvalue weighted by atomic mass is 19.3. The minimum atomic E-state index is -2.74. The Balaban J connectivity index is 0.000000352. The lowest BCUT2D eigenvalue weighted by Gasteiger charge is -2.19. The summed E-state index contributed by atoms with van der Waals surface area (Å²) in [6.07, 6.45) is 4.18. The standard InChI is InChI=1S/C21H21F2N3O2.C8H8F2O.C2H6.CH3NO/c1-28-15-9-16(22)21(17(23)10-15)14-8-20(27)26(12-14)19-6-2-5-18(25-19)13-4-3-7-24-11-13;1-6-2-4-7(5-3-6)11-8(9)10;1-2;2-1-3/h2,5-6,9-11,14,24H,3-4,7-8,12H2,1H3;2-5,8H,1H3;1-2H3;1H,(H2,2,3). The molecule has 1 aromatic heterocycles. The molecule has 0 spiro atoms. The van der Waals surface area contributed by atoms with E-state index in [1.165, 1.54) is 24.1 Å². The second-order valence-electron chi connectivity index (χ2n) is 9.35. The zero-order chi connectivity index (χ0) is 32.6. The Morgan fingerprint density at radius 3 is 2.25 bits per heavy atom. The number of carbonyl (C=O) groups is 2. The average Bonchev–Trinajstić information content (AvgIpc) is 3.40. The summed E-state index contributed by atoms with van der Waals surface area (Å²) in [5.74, 6) is -1.34. The number of rotatable bonds is 6. The molecule has 1 fully saturated rings. The van der Waals surface area contributed by atoms with Crippen molar-refractivity contribution in [1.82, 2.24) is 10.3 Å². The summed E-state index contributed by atoms with van der Waals surface area (Å²) >= 11 is 0. The first-order chi connectivity index (χ1) is 21.2. The van der Waals surface area contributed by atoms with Crippen molar-refractivity contribution in [1.29, 1.82) is 0 Å². The highest BCUT2D eigenvalue weighted by Crippen LogP contribution is 2.36. The Hall–Kier alpha value is -4.61. The molecule has 2 aliphatic rings. The monoisotopic (exact) mass is 618 g/mol. The molecule has 0 radical (unpaired) electrons. The van der Waals surface area contributed by atoms with Gasteiger partial charge in [-0.1, -0.05) is 37.6 Å². The Morgan fingerprint density at radius 1 is 1.07 bits per heavy atom. The highest BCUT2D eigenvalue weighted by Gasteiger charge is 2.35. The van der Waals surface area contributed by atoms with Crippen LogP contribution in [-0.2, 0) is 9.59 Å². The molecule has 1 unspecified atom stereocenters. The number of carbonyl (C=O) groups excluding carboxylic acids is 2. The largest absolute Gasteiger partial charge is 0.497 e. The molecule has 3 heterocycles. The van der Waals surface area contributed by atoms with Crippen LogP contribution in [0.5, 0.6) is 11.5 Å². The van der Waals surface area contributed by atoms with E-state index in [-0.39, 0.29) is 42.3 Å². The smallest absolute Gasteiger partial charge is 0.387 e. The van der Waals surface area contributed by atoms with E-state index in [1.54, 1.807) is 18.2 Å². The number of pyridine rings is 1. The van der Waals surface area contributed by atoms with E-state index < -0.39 is 24.2 Å². The van der Waals surface area contributed by atoms with Crippen LogP contribution >= 0.6 is 0 Å². The van der Waals surface area contributed by atoms with Crippen molar-refractivity contribution in [3.05, 3.63) is 89.3 Å². The van der Waals surface area contributed by atoms with Crippen LogP contribution in [-0.4, -0.2) is 44.1 Å². The van der Waals surface area contributed by atoms with Gasteiger partial charge in [-0.15, -0.1) is 0 Å². The van der Waals surface area contributed by atoms with Crippen molar-refractivity contribution < 1.29 is 36.6 Å². The summed E-state index contributed by atoms with van der Waals surface area (Å²) in [7, 11) is 1.35. The quantitative estimate of drug-likeness (QED) is 0.247. The van der Waals surface area contributed by atoms with Crippen LogP contribution < -0.4 is 25.4 Å². The number of methoxy groups -OCH3 is 1. The normalized spacial score (nSPS) is 15.3. The number of aryl methyl sites for hydroxylation is 1. The molecule has 3 aromatic rings. The lowest BCUT2D eigenvalue weighted by atomic mass is 9.97. The van der Waals surface area contributed by atoms with Crippen molar-refractivity contribution >= 4 is 23.7 Å². The molecule has 12 heteroatoms. The summed E-state index contributed by atoms with van der Waals surface area (Å²) in [4.78, 5) is 27.3. The van der Waals surface area contributed by atoms with Crippen molar-refractivity contribution in [2.45, 2.75) is 52.6 Å². The number of benzene rings is 2. The predicted molar refractivity (Wildman–Crippen MR) is 161 cm³/mol. The SMILES string of the molecule is CC.COc1cc(F)c(C2CC(=O)N(c3cccc(C4=CNCCC4)n3)C2)c(F)c1.Cc1ccc(OC(F)F)cc1.NC=O. The van der Waals surface area contributed by atoms with E-state index in [1.807, 2.05) is 39.1 Å². The number of nitrogens with one attached hydrogen (secondary N) is 1. The minimum Gasteiger partial charge on any atom is -0.497 e. The molecule has 2 aromatic carbocycles. The molecule has 44 heavy (non-hydrogen) atoms. The van der Waals surface area contributed by atoms with Crippen molar-refractivity contribution in [2.24, 2.45) is 5.73 Å². The summed E-state index contributed by atoms with van der Waals surface area (Å²) < 4.78 is 61.1. The number of ether oxygens (including phenoxy) is 2. The van der Waals surface area contributed by atoms with E-state index in [2.05, 4.69) is 20.8 Å². The Bertz CT molecular complexity index is 1360. The summed E-state index contributed by atoms with van der Waals surface area (Å²) in [5.41, 5.74) is 7.00. The summed E-state index contributed by atoms with van der Waals surface area (Å²) in [6, 6.07) is 14.3. The van der Waals surface area contributed by atoms with Crippen molar-refractivity contribution in [3.63, 3.8) is 0 Å². The molecular formula is C32H38F4N4O4. The first-order valence-electron chi connectivity index (χ1n) is 14.1. The third kappa shape index (κ3) is 10.3. The molecule has 0 aliphatic carbocycles. The number of nitrogens with two attached hydrogens (primary N) is 1. The van der Waals surface area contributed by atoms with Gasteiger partial charge in [0.15, 0.2) is 0 Å². The van der Waals surface area contributed by atoms with Gasteiger partial charge in [-0.2, -0.15) is 8.78 Å². The lowest BCUT2D eigenvalue weighted by Crippen LogP contribution is -2.26. The van der Waals surface area contributed by atoms with Gasteiger partial charge >= 0.3 is 6.61 Å². The number of aromatic nitrogens is 1. The second kappa shape index (κ2) is 18.1. The number of primary amides is 1. The van der Waals surface area contributed by atoms with Gasteiger partial charge in [-0.25, -0.2) is 13.8 Å². The van der Waals surface area contributed by atoms with Crippen LogP contribution in [0.3, 0.4) is 0 Å². The van der Waals surface area contributed by atoms with Crippen LogP contribution in [0.1, 0.15) is 55.8 Å². The van der Waals surface area contributed by atoms with Crippen LogP contribution in [0, 0.1) is 18.6 Å². The van der Waals surface area contributed by atoms with E-state index >= 15 is 0 Å².